The van der Waals surface area contributed by atoms with Crippen molar-refractivity contribution in [3.63, 3.8) is 0 Å². The van der Waals surface area contributed by atoms with Crippen LogP contribution in [0.3, 0.4) is 0 Å². The number of ether oxygens (including phenoxy) is 2. The highest BCUT2D eigenvalue weighted by molar-refractivity contribution is 6.04. The number of nitrogens with zero attached hydrogens (tertiary/aromatic N) is 1. The first-order valence-electron chi connectivity index (χ1n) is 9.61. The quantitative estimate of drug-likeness (QED) is 0.651. The third-order valence-electron chi connectivity index (χ3n) is 4.81. The van der Waals surface area contributed by atoms with E-state index in [9.17, 15) is 4.79 Å². The molecule has 1 heterocycles. The molecule has 1 aliphatic rings. The number of benzene rings is 1. The van der Waals surface area contributed by atoms with Crippen LogP contribution in [0.4, 0.5) is 11.4 Å². The molecule has 0 saturated heterocycles. The molecular formula is C22H27N3O3. The Morgan fingerprint density at radius 3 is 2.79 bits per heavy atom. The zero-order chi connectivity index (χ0) is 19.8. The standard InChI is InChI=1S/C22H27N3O3/c1-27-18-8-9-19(21(15-18)28-2)25-22(26)20-14-17(11-13-24-20)23-12-10-16-6-4-3-5-7-16/h6,8-9,11,13-15H,3-5,7,10,12H2,1-2H3,(H,23,24)(H,25,26). The maximum absolute atomic E-state index is 12.6. The van der Waals surface area contributed by atoms with Crippen LogP contribution in [0.5, 0.6) is 11.5 Å². The predicted octanol–water partition coefficient (Wildman–Crippen LogP) is 4.65. The van der Waals surface area contributed by atoms with Gasteiger partial charge in [-0.2, -0.15) is 0 Å². The minimum absolute atomic E-state index is 0.290. The fraction of sp³-hybridized carbons (Fsp3) is 0.364. The minimum atomic E-state index is -0.290. The van der Waals surface area contributed by atoms with Gasteiger partial charge in [0.2, 0.25) is 0 Å². The van der Waals surface area contributed by atoms with Crippen LogP contribution in [0.2, 0.25) is 0 Å². The molecular weight excluding hydrogens is 354 g/mol. The predicted molar refractivity (Wildman–Crippen MR) is 111 cm³/mol. The van der Waals surface area contributed by atoms with E-state index in [0.29, 0.717) is 22.9 Å². The maximum Gasteiger partial charge on any atom is 0.274 e. The second-order valence-electron chi connectivity index (χ2n) is 6.74. The smallest absolute Gasteiger partial charge is 0.274 e. The van der Waals surface area contributed by atoms with Gasteiger partial charge in [-0.3, -0.25) is 9.78 Å². The Hall–Kier alpha value is -3.02. The lowest BCUT2D eigenvalue weighted by Gasteiger charge is -2.14. The summed E-state index contributed by atoms with van der Waals surface area (Å²) < 4.78 is 10.5. The van der Waals surface area contributed by atoms with Gasteiger partial charge in [-0.15, -0.1) is 0 Å². The van der Waals surface area contributed by atoms with Crippen LogP contribution in [-0.4, -0.2) is 31.7 Å². The van der Waals surface area contributed by atoms with Crippen LogP contribution in [0, 0.1) is 0 Å². The van der Waals surface area contributed by atoms with Gasteiger partial charge in [0.25, 0.3) is 5.91 Å². The van der Waals surface area contributed by atoms with Crippen molar-refractivity contribution in [3.8, 4) is 11.5 Å². The Morgan fingerprint density at radius 2 is 2.04 bits per heavy atom. The molecule has 6 nitrogen and oxygen atoms in total. The fourth-order valence-electron chi connectivity index (χ4n) is 3.25. The molecule has 1 aliphatic carbocycles. The Morgan fingerprint density at radius 1 is 1.14 bits per heavy atom. The molecule has 0 fully saturated rings. The lowest BCUT2D eigenvalue weighted by atomic mass is 9.97. The molecule has 6 heteroatoms. The van der Waals surface area contributed by atoms with Gasteiger partial charge >= 0.3 is 0 Å². The first kappa shape index (κ1) is 19.7. The maximum atomic E-state index is 12.6. The molecule has 1 amide bonds. The van der Waals surface area contributed by atoms with Crippen LogP contribution < -0.4 is 20.1 Å². The van der Waals surface area contributed by atoms with E-state index < -0.39 is 0 Å². The van der Waals surface area contributed by atoms with Gasteiger partial charge in [-0.25, -0.2) is 0 Å². The lowest BCUT2D eigenvalue weighted by molar-refractivity contribution is 0.102. The van der Waals surface area contributed by atoms with Gasteiger partial charge < -0.3 is 20.1 Å². The molecule has 2 N–H and O–H groups in total. The van der Waals surface area contributed by atoms with Crippen LogP contribution in [0.25, 0.3) is 0 Å². The number of nitrogens with one attached hydrogen (secondary N) is 2. The van der Waals surface area contributed by atoms with Crippen molar-refractivity contribution in [1.82, 2.24) is 4.98 Å². The van der Waals surface area contributed by atoms with E-state index in [1.165, 1.54) is 31.3 Å². The van der Waals surface area contributed by atoms with Crippen LogP contribution in [0.1, 0.15) is 42.6 Å². The van der Waals surface area contributed by atoms with Crippen LogP contribution in [0.15, 0.2) is 48.2 Å². The third-order valence-corrected chi connectivity index (χ3v) is 4.81. The van der Waals surface area contributed by atoms with Crippen LogP contribution >= 0.6 is 0 Å². The Kier molecular flexibility index (Phi) is 6.89. The van der Waals surface area contributed by atoms with E-state index in [2.05, 4.69) is 21.7 Å². The van der Waals surface area contributed by atoms with Gasteiger partial charge in [0.1, 0.15) is 17.2 Å². The Balaban J connectivity index is 1.61. The average Bonchev–Trinajstić information content (AvgIpc) is 2.75. The Bertz CT molecular complexity index is 849. The topological polar surface area (TPSA) is 72.5 Å². The number of amides is 1. The number of carbonyl (C=O) groups is 1. The molecule has 1 aromatic heterocycles. The monoisotopic (exact) mass is 381 g/mol. The molecule has 3 rings (SSSR count). The highest BCUT2D eigenvalue weighted by Gasteiger charge is 2.12. The van der Waals surface area contributed by atoms with Gasteiger partial charge in [0, 0.05) is 24.5 Å². The first-order chi connectivity index (χ1) is 13.7. The number of allylic oxidation sites excluding steroid dienone is 1. The number of anilines is 2. The molecule has 1 aromatic carbocycles. The molecule has 0 aliphatic heterocycles. The number of methoxy groups -OCH3 is 2. The lowest BCUT2D eigenvalue weighted by Crippen LogP contribution is -2.15. The van der Waals surface area contributed by atoms with Gasteiger partial charge in [0.15, 0.2) is 0 Å². The Labute approximate surface area is 166 Å². The van der Waals surface area contributed by atoms with Crippen molar-refractivity contribution < 1.29 is 14.3 Å². The first-order valence-corrected chi connectivity index (χ1v) is 9.61. The van der Waals surface area contributed by atoms with Crippen LogP contribution in [-0.2, 0) is 0 Å². The average molecular weight is 381 g/mol. The number of carbonyl (C=O) groups excluding carboxylic acids is 1. The van der Waals surface area contributed by atoms with E-state index in [0.717, 1.165) is 18.7 Å². The van der Waals surface area contributed by atoms with Gasteiger partial charge in [-0.05, 0) is 56.4 Å². The van der Waals surface area contributed by atoms with Crippen molar-refractivity contribution in [2.45, 2.75) is 32.1 Å². The second-order valence-corrected chi connectivity index (χ2v) is 6.74. The highest BCUT2D eigenvalue weighted by Crippen LogP contribution is 2.29. The molecule has 0 atom stereocenters. The van der Waals surface area contributed by atoms with Crippen molar-refractivity contribution in [3.05, 3.63) is 53.9 Å². The van der Waals surface area contributed by atoms with Gasteiger partial charge in [-0.1, -0.05) is 11.6 Å². The molecule has 2 aromatic rings. The SMILES string of the molecule is COc1ccc(NC(=O)c2cc(NCCC3=CCCCC3)ccn2)c(OC)c1. The third kappa shape index (κ3) is 5.25. The fourth-order valence-corrected chi connectivity index (χ4v) is 3.25. The van der Waals surface area contributed by atoms with Crippen molar-refractivity contribution >= 4 is 17.3 Å². The number of aromatic nitrogens is 1. The minimum Gasteiger partial charge on any atom is -0.497 e. The molecule has 28 heavy (non-hydrogen) atoms. The van der Waals surface area contributed by atoms with Crippen molar-refractivity contribution in [2.75, 3.05) is 31.4 Å². The van der Waals surface area contributed by atoms with Crippen molar-refractivity contribution in [1.29, 1.82) is 0 Å². The molecule has 0 unspecified atom stereocenters. The number of rotatable bonds is 8. The molecule has 0 bridgehead atoms. The summed E-state index contributed by atoms with van der Waals surface area (Å²) in [6.07, 6.45) is 10.0. The zero-order valence-electron chi connectivity index (χ0n) is 16.5. The summed E-state index contributed by atoms with van der Waals surface area (Å²) in [4.78, 5) is 16.8. The summed E-state index contributed by atoms with van der Waals surface area (Å²) in [7, 11) is 3.13. The molecule has 0 saturated carbocycles. The summed E-state index contributed by atoms with van der Waals surface area (Å²) >= 11 is 0. The summed E-state index contributed by atoms with van der Waals surface area (Å²) in [5, 5.41) is 6.23. The van der Waals surface area contributed by atoms with E-state index in [1.807, 2.05) is 6.07 Å². The zero-order valence-corrected chi connectivity index (χ0v) is 16.5. The summed E-state index contributed by atoms with van der Waals surface area (Å²) in [5.74, 6) is 0.900. The summed E-state index contributed by atoms with van der Waals surface area (Å²) in [6.45, 7) is 0.850. The molecule has 148 valence electrons. The summed E-state index contributed by atoms with van der Waals surface area (Å²) in [5.41, 5.74) is 3.33. The largest absolute Gasteiger partial charge is 0.497 e. The number of pyridine rings is 1. The van der Waals surface area contributed by atoms with E-state index in [1.54, 1.807) is 44.7 Å². The van der Waals surface area contributed by atoms with Crippen molar-refractivity contribution in [2.24, 2.45) is 0 Å². The molecule has 0 radical (unpaired) electrons. The highest BCUT2D eigenvalue weighted by atomic mass is 16.5. The van der Waals surface area contributed by atoms with Gasteiger partial charge in [0.05, 0.1) is 19.9 Å². The van der Waals surface area contributed by atoms with E-state index in [4.69, 9.17) is 9.47 Å². The molecule has 0 spiro atoms. The summed E-state index contributed by atoms with van der Waals surface area (Å²) in [6, 6.07) is 8.88. The normalized spacial score (nSPS) is 13.4. The number of hydrogen-bond acceptors (Lipinski definition) is 5. The van der Waals surface area contributed by atoms with E-state index >= 15 is 0 Å². The second kappa shape index (κ2) is 9.78. The van der Waals surface area contributed by atoms with E-state index in [-0.39, 0.29) is 5.91 Å². The number of hydrogen-bond donors (Lipinski definition) is 2.